The number of urea groups is 1. The van der Waals surface area contributed by atoms with Crippen molar-refractivity contribution in [3.05, 3.63) is 89.2 Å². The van der Waals surface area contributed by atoms with E-state index in [9.17, 15) is 18.8 Å². The third-order valence-electron chi connectivity index (χ3n) is 5.18. The lowest BCUT2D eigenvalue weighted by Gasteiger charge is -2.15. The molecule has 1 aliphatic rings. The molecule has 4 amide bonds. The summed E-state index contributed by atoms with van der Waals surface area (Å²) in [7, 11) is 1.47. The van der Waals surface area contributed by atoms with E-state index < -0.39 is 6.03 Å². The maximum atomic E-state index is 13.0. The number of hydrogen-bond acceptors (Lipinski definition) is 5. The van der Waals surface area contributed by atoms with Crippen molar-refractivity contribution in [1.82, 2.24) is 15.5 Å². The number of nitrogens with one attached hydrogen (secondary N) is 2. The van der Waals surface area contributed by atoms with Crippen LogP contribution in [-0.2, 0) is 17.9 Å². The number of hydrogen-bond donors (Lipinski definition) is 2. The fourth-order valence-corrected chi connectivity index (χ4v) is 3.45. The number of methoxy groups -OCH3 is 1. The molecule has 3 aromatic rings. The second kappa shape index (κ2) is 10.0. The zero-order valence-electron chi connectivity index (χ0n) is 18.3. The summed E-state index contributed by atoms with van der Waals surface area (Å²) >= 11 is 0. The van der Waals surface area contributed by atoms with E-state index in [1.165, 1.54) is 24.1 Å². The van der Waals surface area contributed by atoms with E-state index in [1.807, 2.05) is 12.1 Å². The summed E-state index contributed by atoms with van der Waals surface area (Å²) in [4.78, 5) is 37.4. The van der Waals surface area contributed by atoms with Crippen molar-refractivity contribution in [1.29, 1.82) is 0 Å². The second-order valence-electron chi connectivity index (χ2n) is 7.63. The van der Waals surface area contributed by atoms with Crippen LogP contribution < -0.4 is 20.1 Å². The number of ether oxygens (including phenoxy) is 2. The first-order valence-corrected chi connectivity index (χ1v) is 10.5. The van der Waals surface area contributed by atoms with Crippen LogP contribution in [0.25, 0.3) is 0 Å². The van der Waals surface area contributed by atoms with Crippen molar-refractivity contribution in [2.75, 3.05) is 13.7 Å². The van der Waals surface area contributed by atoms with E-state index in [-0.39, 0.29) is 37.3 Å². The third-order valence-corrected chi connectivity index (χ3v) is 5.18. The largest absolute Gasteiger partial charge is 0.496 e. The van der Waals surface area contributed by atoms with Crippen LogP contribution in [0, 0.1) is 5.82 Å². The Bertz CT molecular complexity index is 1210. The molecule has 4 rings (SSSR count). The van der Waals surface area contributed by atoms with Gasteiger partial charge in [0.1, 0.15) is 29.6 Å². The summed E-state index contributed by atoms with van der Waals surface area (Å²) in [6, 6.07) is 17.5. The number of carbonyl (C=O) groups is 3. The molecule has 0 unspecified atom stereocenters. The molecular formula is C25H22FN3O5. The lowest BCUT2D eigenvalue weighted by molar-refractivity contribution is -0.118. The average molecular weight is 463 g/mol. The summed E-state index contributed by atoms with van der Waals surface area (Å²) < 4.78 is 24.0. The molecule has 1 saturated heterocycles. The zero-order chi connectivity index (χ0) is 24.1. The molecule has 1 heterocycles. The zero-order valence-corrected chi connectivity index (χ0v) is 18.3. The maximum absolute atomic E-state index is 13.0. The third kappa shape index (κ3) is 5.50. The average Bonchev–Trinajstić information content (AvgIpc) is 3.16. The normalized spacial score (nSPS) is 12.9. The Hall–Kier alpha value is -4.40. The Labute approximate surface area is 195 Å². The molecule has 0 saturated carbocycles. The number of carbonyl (C=O) groups excluding carboxylic acids is 3. The quantitative estimate of drug-likeness (QED) is 0.498. The van der Waals surface area contributed by atoms with Crippen LogP contribution in [0.3, 0.4) is 0 Å². The Kier molecular flexibility index (Phi) is 6.72. The molecule has 3 aromatic carbocycles. The van der Waals surface area contributed by atoms with Crippen molar-refractivity contribution < 1.29 is 28.2 Å². The molecule has 1 aliphatic heterocycles. The van der Waals surface area contributed by atoms with Gasteiger partial charge in [-0.05, 0) is 59.7 Å². The van der Waals surface area contributed by atoms with Crippen molar-refractivity contribution in [3.8, 4) is 17.2 Å². The predicted octanol–water partition coefficient (Wildman–Crippen LogP) is 3.61. The standard InChI is InChI=1S/C25H22FN3O5/c1-33-22-11-4-17(14-29-15-23(30)28-25(29)32)12-21(22)24(31)27-13-16-2-7-19(8-3-16)34-20-9-5-18(26)6-10-20/h2-12H,13-15H2,1H3,(H,27,31)(H,28,30,32). The van der Waals surface area contributed by atoms with Crippen LogP contribution in [0.4, 0.5) is 9.18 Å². The minimum absolute atomic E-state index is 0.0206. The van der Waals surface area contributed by atoms with Gasteiger partial charge < -0.3 is 19.7 Å². The highest BCUT2D eigenvalue weighted by molar-refractivity contribution is 6.02. The van der Waals surface area contributed by atoms with E-state index in [0.717, 1.165) is 5.56 Å². The van der Waals surface area contributed by atoms with Crippen molar-refractivity contribution in [2.24, 2.45) is 0 Å². The molecule has 0 radical (unpaired) electrons. The van der Waals surface area contributed by atoms with Crippen LogP contribution in [-0.4, -0.2) is 36.4 Å². The summed E-state index contributed by atoms with van der Waals surface area (Å²) in [5.41, 5.74) is 1.86. The summed E-state index contributed by atoms with van der Waals surface area (Å²) in [5.74, 6) is 0.465. The van der Waals surface area contributed by atoms with E-state index in [1.54, 1.807) is 42.5 Å². The SMILES string of the molecule is COc1ccc(CN2CC(=O)NC2=O)cc1C(=O)NCc1ccc(Oc2ccc(F)cc2)cc1. The molecule has 0 atom stereocenters. The van der Waals surface area contributed by atoms with Crippen molar-refractivity contribution >= 4 is 17.8 Å². The molecule has 1 fully saturated rings. The summed E-state index contributed by atoms with van der Waals surface area (Å²) in [5, 5.41) is 5.08. The molecule has 8 nitrogen and oxygen atoms in total. The maximum Gasteiger partial charge on any atom is 0.324 e. The van der Waals surface area contributed by atoms with Gasteiger partial charge in [-0.2, -0.15) is 0 Å². The predicted molar refractivity (Wildman–Crippen MR) is 121 cm³/mol. The Morgan fingerprint density at radius 2 is 1.65 bits per heavy atom. The number of halogens is 1. The first kappa shape index (κ1) is 22.8. The molecule has 2 N–H and O–H groups in total. The molecule has 0 aliphatic carbocycles. The smallest absolute Gasteiger partial charge is 0.324 e. The first-order valence-electron chi connectivity index (χ1n) is 10.5. The fourth-order valence-electron chi connectivity index (χ4n) is 3.45. The molecule has 9 heteroatoms. The topological polar surface area (TPSA) is 97.0 Å². The van der Waals surface area contributed by atoms with Gasteiger partial charge >= 0.3 is 6.03 Å². The monoisotopic (exact) mass is 463 g/mol. The molecule has 0 bridgehead atoms. The highest BCUT2D eigenvalue weighted by Crippen LogP contribution is 2.23. The van der Waals surface area contributed by atoms with Crippen LogP contribution in [0.15, 0.2) is 66.7 Å². The highest BCUT2D eigenvalue weighted by Gasteiger charge is 2.27. The number of nitrogens with zero attached hydrogens (tertiary/aromatic N) is 1. The molecule has 0 spiro atoms. The number of amides is 4. The van der Waals surface area contributed by atoms with Gasteiger partial charge in [0.05, 0.1) is 12.7 Å². The summed E-state index contributed by atoms with van der Waals surface area (Å²) in [6.45, 7) is 0.441. The van der Waals surface area contributed by atoms with Gasteiger partial charge in [-0.25, -0.2) is 9.18 Å². The van der Waals surface area contributed by atoms with Crippen LogP contribution in [0.5, 0.6) is 17.2 Å². The molecule has 34 heavy (non-hydrogen) atoms. The van der Waals surface area contributed by atoms with E-state index in [2.05, 4.69) is 10.6 Å². The van der Waals surface area contributed by atoms with Gasteiger partial charge in [-0.3, -0.25) is 14.9 Å². The van der Waals surface area contributed by atoms with Gasteiger partial charge in [0.15, 0.2) is 0 Å². The van der Waals surface area contributed by atoms with Gasteiger partial charge in [-0.15, -0.1) is 0 Å². The van der Waals surface area contributed by atoms with Crippen molar-refractivity contribution in [3.63, 3.8) is 0 Å². The van der Waals surface area contributed by atoms with Gasteiger partial charge in [-0.1, -0.05) is 18.2 Å². The summed E-state index contributed by atoms with van der Waals surface area (Å²) in [6.07, 6.45) is 0. The Morgan fingerprint density at radius 1 is 1.00 bits per heavy atom. The minimum Gasteiger partial charge on any atom is -0.496 e. The number of benzene rings is 3. The molecular weight excluding hydrogens is 441 g/mol. The van der Waals surface area contributed by atoms with Gasteiger partial charge in [0.2, 0.25) is 5.91 Å². The van der Waals surface area contributed by atoms with Gasteiger partial charge in [0, 0.05) is 13.1 Å². The molecule has 0 aromatic heterocycles. The van der Waals surface area contributed by atoms with E-state index >= 15 is 0 Å². The van der Waals surface area contributed by atoms with E-state index in [4.69, 9.17) is 9.47 Å². The second-order valence-corrected chi connectivity index (χ2v) is 7.63. The van der Waals surface area contributed by atoms with Crippen LogP contribution in [0.1, 0.15) is 21.5 Å². The number of rotatable bonds is 8. The highest BCUT2D eigenvalue weighted by atomic mass is 19.1. The van der Waals surface area contributed by atoms with Crippen LogP contribution >= 0.6 is 0 Å². The Balaban J connectivity index is 1.38. The van der Waals surface area contributed by atoms with Crippen LogP contribution in [0.2, 0.25) is 0 Å². The van der Waals surface area contributed by atoms with E-state index in [0.29, 0.717) is 28.4 Å². The van der Waals surface area contributed by atoms with Crippen molar-refractivity contribution in [2.45, 2.75) is 13.1 Å². The number of imide groups is 1. The fraction of sp³-hybridized carbons (Fsp3) is 0.160. The Morgan fingerprint density at radius 3 is 2.26 bits per heavy atom. The van der Waals surface area contributed by atoms with Gasteiger partial charge in [0.25, 0.3) is 5.91 Å². The lowest BCUT2D eigenvalue weighted by atomic mass is 10.1. The molecule has 174 valence electrons. The first-order chi connectivity index (χ1) is 16.4. The lowest BCUT2D eigenvalue weighted by Crippen LogP contribution is -2.28. The minimum atomic E-state index is -0.460.